The van der Waals surface area contributed by atoms with E-state index in [9.17, 15) is 13.6 Å². The largest absolute Gasteiger partial charge is 0.339 e. The minimum Gasteiger partial charge on any atom is -0.339 e. The Bertz CT molecular complexity index is 1010. The van der Waals surface area contributed by atoms with Gasteiger partial charge in [-0.25, -0.2) is 8.78 Å². The van der Waals surface area contributed by atoms with Crippen LogP contribution in [0.2, 0.25) is 0 Å². The molecule has 8 heteroatoms. The van der Waals surface area contributed by atoms with E-state index in [1.165, 1.54) is 24.3 Å². The Labute approximate surface area is 172 Å². The van der Waals surface area contributed by atoms with E-state index in [0.717, 1.165) is 25.9 Å². The van der Waals surface area contributed by atoms with Crippen molar-refractivity contribution in [2.24, 2.45) is 0 Å². The fourth-order valence-electron chi connectivity index (χ4n) is 3.63. The number of rotatable bonds is 6. The molecule has 0 radical (unpaired) electrons. The van der Waals surface area contributed by atoms with Crippen LogP contribution in [0.5, 0.6) is 0 Å². The number of benzene rings is 2. The van der Waals surface area contributed by atoms with Gasteiger partial charge in [-0.15, -0.1) is 0 Å². The van der Waals surface area contributed by atoms with Crippen LogP contribution in [0.1, 0.15) is 31.1 Å². The van der Waals surface area contributed by atoms with E-state index in [4.69, 9.17) is 4.52 Å². The van der Waals surface area contributed by atoms with Crippen LogP contribution in [0.4, 0.5) is 14.5 Å². The third-order valence-corrected chi connectivity index (χ3v) is 5.16. The summed E-state index contributed by atoms with van der Waals surface area (Å²) in [4.78, 5) is 18.9. The van der Waals surface area contributed by atoms with Gasteiger partial charge in [0.05, 0.1) is 5.92 Å². The summed E-state index contributed by atoms with van der Waals surface area (Å²) in [7, 11) is 0. The molecule has 156 valence electrons. The number of likely N-dealkylation sites (tertiary alicyclic amines) is 1. The maximum atomic E-state index is 13.2. The molecule has 1 amide bonds. The molecule has 1 aromatic heterocycles. The van der Waals surface area contributed by atoms with Crippen molar-refractivity contribution in [3.63, 3.8) is 0 Å². The van der Waals surface area contributed by atoms with Crippen molar-refractivity contribution in [2.45, 2.75) is 25.2 Å². The van der Waals surface area contributed by atoms with Gasteiger partial charge >= 0.3 is 0 Å². The lowest BCUT2D eigenvalue weighted by molar-refractivity contribution is -0.116. The molecule has 30 heavy (non-hydrogen) atoms. The quantitative estimate of drug-likeness (QED) is 0.656. The second-order valence-corrected chi connectivity index (χ2v) is 7.41. The first kappa shape index (κ1) is 20.2. The van der Waals surface area contributed by atoms with Crippen molar-refractivity contribution >= 4 is 11.6 Å². The van der Waals surface area contributed by atoms with Crippen molar-refractivity contribution in [3.8, 4) is 11.4 Å². The summed E-state index contributed by atoms with van der Waals surface area (Å²) in [5.74, 6) is 0.240. The van der Waals surface area contributed by atoms with Crippen LogP contribution in [-0.2, 0) is 4.79 Å². The van der Waals surface area contributed by atoms with Crippen molar-refractivity contribution in [1.29, 1.82) is 0 Å². The number of carbonyl (C=O) groups is 1. The fraction of sp³-hybridized carbons (Fsp3) is 0.318. The van der Waals surface area contributed by atoms with Gasteiger partial charge in [0, 0.05) is 30.8 Å². The zero-order valence-electron chi connectivity index (χ0n) is 16.4. The standard InChI is InChI=1S/C22H22F2N4O2/c23-17-8-6-15(7-9-17)21-26-22(30-27-21)16-3-2-11-28(14-16)12-10-20(29)25-19-5-1-4-18(24)13-19/h1,4-9,13,16H,2-3,10-12,14H2,(H,25,29)/t16-/m1/s1. The van der Waals surface area contributed by atoms with Gasteiger partial charge in [0.15, 0.2) is 0 Å². The number of hydrogen-bond acceptors (Lipinski definition) is 5. The highest BCUT2D eigenvalue weighted by molar-refractivity contribution is 5.90. The topological polar surface area (TPSA) is 71.3 Å². The van der Waals surface area contributed by atoms with E-state index >= 15 is 0 Å². The second kappa shape index (κ2) is 9.13. The molecule has 0 spiro atoms. The average Bonchev–Trinajstić information content (AvgIpc) is 3.23. The summed E-state index contributed by atoms with van der Waals surface area (Å²) < 4.78 is 31.8. The van der Waals surface area contributed by atoms with Crippen molar-refractivity contribution in [1.82, 2.24) is 15.0 Å². The van der Waals surface area contributed by atoms with Crippen LogP contribution < -0.4 is 5.32 Å². The number of nitrogens with zero attached hydrogens (tertiary/aromatic N) is 3. The number of nitrogens with one attached hydrogen (secondary N) is 1. The Kier molecular flexibility index (Phi) is 6.13. The normalized spacial score (nSPS) is 17.1. The van der Waals surface area contributed by atoms with Crippen molar-refractivity contribution < 1.29 is 18.1 Å². The minimum atomic E-state index is -0.383. The molecule has 1 saturated heterocycles. The first-order valence-electron chi connectivity index (χ1n) is 9.94. The van der Waals surface area contributed by atoms with Gasteiger partial charge in [-0.1, -0.05) is 11.2 Å². The van der Waals surface area contributed by atoms with E-state index in [-0.39, 0.29) is 23.5 Å². The Morgan fingerprint density at radius 1 is 1.17 bits per heavy atom. The Morgan fingerprint density at radius 2 is 2.00 bits per heavy atom. The SMILES string of the molecule is O=C(CCN1CCC[C@@H](c2nc(-c3ccc(F)cc3)no2)C1)Nc1cccc(F)c1. The molecule has 3 aromatic rings. The minimum absolute atomic E-state index is 0.0896. The van der Waals surface area contributed by atoms with Crippen molar-refractivity contribution in [3.05, 3.63) is 66.1 Å². The monoisotopic (exact) mass is 412 g/mol. The summed E-state index contributed by atoms with van der Waals surface area (Å²) in [6.07, 6.45) is 2.20. The first-order chi connectivity index (χ1) is 14.6. The highest BCUT2D eigenvalue weighted by atomic mass is 19.1. The van der Waals surface area contributed by atoms with E-state index in [0.29, 0.717) is 35.9 Å². The number of carbonyl (C=O) groups excluding carboxylic acids is 1. The lowest BCUT2D eigenvalue weighted by Gasteiger charge is -2.30. The summed E-state index contributed by atoms with van der Waals surface area (Å²) in [5.41, 5.74) is 1.16. The fourth-order valence-corrected chi connectivity index (χ4v) is 3.63. The zero-order chi connectivity index (χ0) is 20.9. The number of hydrogen-bond donors (Lipinski definition) is 1. The molecule has 1 fully saturated rings. The lowest BCUT2D eigenvalue weighted by atomic mass is 9.98. The molecule has 1 aliphatic heterocycles. The molecule has 4 rings (SSSR count). The summed E-state index contributed by atoms with van der Waals surface area (Å²) in [5, 5.41) is 6.74. The van der Waals surface area contributed by atoms with Gasteiger partial charge in [-0.3, -0.25) is 4.79 Å². The van der Waals surface area contributed by atoms with E-state index < -0.39 is 0 Å². The van der Waals surface area contributed by atoms with Crippen LogP contribution in [0.15, 0.2) is 53.1 Å². The highest BCUT2D eigenvalue weighted by Crippen LogP contribution is 2.27. The molecule has 1 aliphatic rings. The molecule has 0 aliphatic carbocycles. The van der Waals surface area contributed by atoms with Gasteiger partial charge in [0.2, 0.25) is 17.6 Å². The molecule has 1 atom stereocenters. The first-order valence-corrected chi connectivity index (χ1v) is 9.94. The van der Waals surface area contributed by atoms with Gasteiger partial charge in [-0.05, 0) is 61.9 Å². The lowest BCUT2D eigenvalue weighted by Crippen LogP contribution is -2.36. The average molecular weight is 412 g/mol. The molecule has 0 saturated carbocycles. The van der Waals surface area contributed by atoms with Gasteiger partial charge in [-0.2, -0.15) is 4.98 Å². The molecule has 6 nitrogen and oxygen atoms in total. The van der Waals surface area contributed by atoms with Crippen LogP contribution in [0.3, 0.4) is 0 Å². The number of halogens is 2. The molecular weight excluding hydrogens is 390 g/mol. The summed E-state index contributed by atoms with van der Waals surface area (Å²) in [6, 6.07) is 11.8. The Morgan fingerprint density at radius 3 is 2.80 bits per heavy atom. The number of anilines is 1. The number of amides is 1. The predicted octanol–water partition coefficient (Wildman–Crippen LogP) is 4.22. The van der Waals surface area contributed by atoms with Gasteiger partial charge in [0.1, 0.15) is 11.6 Å². The number of aromatic nitrogens is 2. The van der Waals surface area contributed by atoms with E-state index in [1.807, 2.05) is 0 Å². The predicted molar refractivity (Wildman–Crippen MR) is 108 cm³/mol. The number of piperidine rings is 1. The Hall–Kier alpha value is -3.13. The van der Waals surface area contributed by atoms with E-state index in [2.05, 4.69) is 20.4 Å². The smallest absolute Gasteiger partial charge is 0.231 e. The third-order valence-electron chi connectivity index (χ3n) is 5.16. The van der Waals surface area contributed by atoms with Gasteiger partial charge in [0.25, 0.3) is 0 Å². The molecule has 2 heterocycles. The molecule has 0 bridgehead atoms. The molecular formula is C22H22F2N4O2. The maximum absolute atomic E-state index is 13.2. The van der Waals surface area contributed by atoms with Crippen molar-refractivity contribution in [2.75, 3.05) is 25.0 Å². The zero-order valence-corrected chi connectivity index (χ0v) is 16.4. The van der Waals surface area contributed by atoms with Gasteiger partial charge < -0.3 is 14.7 Å². The molecule has 0 unspecified atom stereocenters. The van der Waals surface area contributed by atoms with Crippen LogP contribution in [0.25, 0.3) is 11.4 Å². The summed E-state index contributed by atoms with van der Waals surface area (Å²) in [6.45, 7) is 2.21. The third kappa shape index (κ3) is 5.07. The maximum Gasteiger partial charge on any atom is 0.231 e. The molecule has 2 aromatic carbocycles. The Balaban J connectivity index is 1.31. The van der Waals surface area contributed by atoms with E-state index in [1.54, 1.807) is 24.3 Å². The van der Waals surface area contributed by atoms with Crippen LogP contribution in [-0.4, -0.2) is 40.6 Å². The van der Waals surface area contributed by atoms with Crippen LogP contribution >= 0.6 is 0 Å². The van der Waals surface area contributed by atoms with Crippen LogP contribution in [0, 0.1) is 11.6 Å². The second-order valence-electron chi connectivity index (χ2n) is 7.41. The molecule has 1 N–H and O–H groups in total. The highest BCUT2D eigenvalue weighted by Gasteiger charge is 2.26. The summed E-state index contributed by atoms with van der Waals surface area (Å²) >= 11 is 0.